The van der Waals surface area contributed by atoms with E-state index in [1.807, 2.05) is 20.8 Å². The van der Waals surface area contributed by atoms with Gasteiger partial charge in [0.15, 0.2) is 0 Å². The fourth-order valence-electron chi connectivity index (χ4n) is 2.88. The number of halogens is 1. The van der Waals surface area contributed by atoms with Crippen LogP contribution in [0.1, 0.15) is 33.6 Å². The molecule has 1 amide bonds. The number of alkyl halides is 1. The molecule has 1 heterocycles. The highest BCUT2D eigenvalue weighted by Crippen LogP contribution is 2.61. The second-order valence-corrected chi connectivity index (χ2v) is 6.39. The minimum absolute atomic E-state index is 0.0897. The maximum atomic E-state index is 13.6. The molecular weight excluding hydrogens is 237 g/mol. The first kappa shape index (κ1) is 13.6. The Morgan fingerprint density at radius 2 is 2.00 bits per heavy atom. The molecule has 1 saturated heterocycles. The number of hydrogen-bond acceptors (Lipinski definition) is 3. The molecule has 2 aliphatic rings. The number of hydrogen-bond donors (Lipinski definition) is 1. The van der Waals surface area contributed by atoms with Gasteiger partial charge in [-0.15, -0.1) is 0 Å². The zero-order chi connectivity index (χ0) is 13.6. The van der Waals surface area contributed by atoms with Gasteiger partial charge in [-0.05, 0) is 33.6 Å². The van der Waals surface area contributed by atoms with Gasteiger partial charge in [-0.2, -0.15) is 0 Å². The molecule has 0 aromatic carbocycles. The van der Waals surface area contributed by atoms with Crippen LogP contribution in [0.2, 0.25) is 0 Å². The second-order valence-electron chi connectivity index (χ2n) is 6.39. The first-order valence-corrected chi connectivity index (χ1v) is 6.53. The van der Waals surface area contributed by atoms with Crippen LogP contribution in [0.5, 0.6) is 0 Å². The summed E-state index contributed by atoms with van der Waals surface area (Å²) >= 11 is 0. The van der Waals surface area contributed by atoms with E-state index in [0.29, 0.717) is 25.9 Å². The van der Waals surface area contributed by atoms with Crippen molar-refractivity contribution in [2.45, 2.75) is 45.4 Å². The van der Waals surface area contributed by atoms with Crippen LogP contribution >= 0.6 is 0 Å². The standard InChI is InChI=1S/C13H22FNO3/c1-12(2,3)18-11(17)15-6-4-13(5-7-15)9(8-16)10(13)14/h9-10,16H,4-8H2,1-3H3. The monoisotopic (exact) mass is 259 g/mol. The summed E-state index contributed by atoms with van der Waals surface area (Å²) in [6.07, 6.45) is 0.0225. The van der Waals surface area contributed by atoms with E-state index in [9.17, 15) is 9.18 Å². The van der Waals surface area contributed by atoms with E-state index in [1.165, 1.54) is 0 Å². The number of aliphatic hydroxyl groups is 1. The quantitative estimate of drug-likeness (QED) is 0.783. The smallest absolute Gasteiger partial charge is 0.410 e. The predicted octanol–water partition coefficient (Wildman–Crippen LogP) is 1.96. The molecule has 2 unspecified atom stereocenters. The van der Waals surface area contributed by atoms with Gasteiger partial charge < -0.3 is 14.7 Å². The molecule has 0 aromatic heterocycles. The average molecular weight is 259 g/mol. The molecule has 4 nitrogen and oxygen atoms in total. The molecule has 1 N–H and O–H groups in total. The fourth-order valence-corrected chi connectivity index (χ4v) is 2.88. The summed E-state index contributed by atoms with van der Waals surface area (Å²) in [5.74, 6) is -0.224. The van der Waals surface area contributed by atoms with Gasteiger partial charge in [-0.1, -0.05) is 0 Å². The van der Waals surface area contributed by atoms with Crippen LogP contribution in [0.4, 0.5) is 9.18 Å². The minimum Gasteiger partial charge on any atom is -0.444 e. The van der Waals surface area contributed by atoms with Gasteiger partial charge in [0.1, 0.15) is 11.8 Å². The lowest BCUT2D eigenvalue weighted by atomic mass is 9.91. The lowest BCUT2D eigenvalue weighted by Crippen LogP contribution is -2.43. The van der Waals surface area contributed by atoms with Crippen molar-refractivity contribution in [3.63, 3.8) is 0 Å². The molecule has 0 radical (unpaired) electrons. The number of carbonyl (C=O) groups excluding carboxylic acids is 1. The predicted molar refractivity (Wildman–Crippen MR) is 64.9 cm³/mol. The van der Waals surface area contributed by atoms with Crippen LogP contribution < -0.4 is 0 Å². The first-order valence-electron chi connectivity index (χ1n) is 6.53. The molecule has 104 valence electrons. The Balaban J connectivity index is 1.86. The van der Waals surface area contributed by atoms with Crippen molar-refractivity contribution in [1.29, 1.82) is 0 Å². The van der Waals surface area contributed by atoms with Crippen LogP contribution in [-0.4, -0.2) is 47.6 Å². The Labute approximate surface area is 107 Å². The lowest BCUT2D eigenvalue weighted by Gasteiger charge is -2.34. The fraction of sp³-hybridized carbons (Fsp3) is 0.923. The van der Waals surface area contributed by atoms with Crippen LogP contribution in [-0.2, 0) is 4.74 Å². The molecule has 5 heteroatoms. The maximum absolute atomic E-state index is 13.6. The number of aliphatic hydroxyl groups excluding tert-OH is 1. The summed E-state index contributed by atoms with van der Waals surface area (Å²) in [6, 6.07) is 0. The zero-order valence-electron chi connectivity index (χ0n) is 11.3. The van der Waals surface area contributed by atoms with E-state index in [0.717, 1.165) is 0 Å². The van der Waals surface area contributed by atoms with Gasteiger partial charge in [0.05, 0.1) is 0 Å². The number of nitrogens with zero attached hydrogens (tertiary/aromatic N) is 1. The van der Waals surface area contributed by atoms with Crippen molar-refractivity contribution < 1.29 is 19.0 Å². The van der Waals surface area contributed by atoms with Gasteiger partial charge in [0.25, 0.3) is 0 Å². The van der Waals surface area contributed by atoms with Gasteiger partial charge >= 0.3 is 6.09 Å². The SMILES string of the molecule is CC(C)(C)OC(=O)N1CCC2(CC1)C(F)C2CO. The molecule has 0 aromatic rings. The second kappa shape index (κ2) is 4.37. The van der Waals surface area contributed by atoms with Crippen molar-refractivity contribution in [2.24, 2.45) is 11.3 Å². The van der Waals surface area contributed by atoms with Crippen molar-refractivity contribution in [1.82, 2.24) is 4.90 Å². The Hall–Kier alpha value is -0.840. The molecule has 2 fully saturated rings. The molecule has 1 aliphatic heterocycles. The van der Waals surface area contributed by atoms with Crippen molar-refractivity contribution >= 4 is 6.09 Å². The van der Waals surface area contributed by atoms with E-state index in [-0.39, 0.29) is 24.0 Å². The number of amides is 1. The number of rotatable bonds is 1. The number of piperidine rings is 1. The molecule has 1 saturated carbocycles. The highest BCUT2D eigenvalue weighted by Gasteiger charge is 2.65. The highest BCUT2D eigenvalue weighted by atomic mass is 19.1. The summed E-state index contributed by atoms with van der Waals surface area (Å²) < 4.78 is 18.9. The van der Waals surface area contributed by atoms with Crippen LogP contribution in [0.25, 0.3) is 0 Å². The third-order valence-electron chi connectivity index (χ3n) is 4.07. The molecule has 1 spiro atoms. The van der Waals surface area contributed by atoms with Crippen LogP contribution in [0.3, 0.4) is 0 Å². The Morgan fingerprint density at radius 1 is 1.44 bits per heavy atom. The zero-order valence-corrected chi connectivity index (χ0v) is 11.3. The van der Waals surface area contributed by atoms with E-state index >= 15 is 0 Å². The van der Waals surface area contributed by atoms with Crippen molar-refractivity contribution in [2.75, 3.05) is 19.7 Å². The number of carbonyl (C=O) groups is 1. The first-order chi connectivity index (χ1) is 8.30. The lowest BCUT2D eigenvalue weighted by molar-refractivity contribution is 0.0151. The largest absolute Gasteiger partial charge is 0.444 e. The molecule has 2 atom stereocenters. The summed E-state index contributed by atoms with van der Waals surface area (Å²) in [5.41, 5.74) is -0.866. The summed E-state index contributed by atoms with van der Waals surface area (Å²) in [4.78, 5) is 13.5. The van der Waals surface area contributed by atoms with E-state index in [4.69, 9.17) is 9.84 Å². The minimum atomic E-state index is -0.900. The van der Waals surface area contributed by atoms with Crippen LogP contribution in [0, 0.1) is 11.3 Å². The summed E-state index contributed by atoms with van der Waals surface area (Å²) in [5, 5.41) is 9.08. The normalized spacial score (nSPS) is 30.4. The summed E-state index contributed by atoms with van der Waals surface area (Å²) in [6.45, 7) is 6.44. The average Bonchev–Trinajstić information content (AvgIpc) is 2.80. The topological polar surface area (TPSA) is 49.8 Å². The molecule has 18 heavy (non-hydrogen) atoms. The number of likely N-dealkylation sites (tertiary alicyclic amines) is 1. The van der Waals surface area contributed by atoms with E-state index in [1.54, 1.807) is 4.90 Å². The Morgan fingerprint density at radius 3 is 2.39 bits per heavy atom. The molecule has 0 bridgehead atoms. The highest BCUT2D eigenvalue weighted by molar-refractivity contribution is 5.68. The van der Waals surface area contributed by atoms with Crippen molar-refractivity contribution in [3.05, 3.63) is 0 Å². The van der Waals surface area contributed by atoms with E-state index in [2.05, 4.69) is 0 Å². The molecular formula is C13H22FNO3. The third-order valence-corrected chi connectivity index (χ3v) is 4.07. The molecule has 1 aliphatic carbocycles. The molecule has 2 rings (SSSR count). The number of ether oxygens (including phenoxy) is 1. The van der Waals surface area contributed by atoms with Crippen molar-refractivity contribution in [3.8, 4) is 0 Å². The Kier molecular flexibility index (Phi) is 3.30. The maximum Gasteiger partial charge on any atom is 0.410 e. The van der Waals surface area contributed by atoms with Crippen LogP contribution in [0.15, 0.2) is 0 Å². The third kappa shape index (κ3) is 2.32. The van der Waals surface area contributed by atoms with Gasteiger partial charge in [-0.25, -0.2) is 9.18 Å². The van der Waals surface area contributed by atoms with Gasteiger partial charge in [0, 0.05) is 31.0 Å². The van der Waals surface area contributed by atoms with Gasteiger partial charge in [-0.3, -0.25) is 0 Å². The van der Waals surface area contributed by atoms with Gasteiger partial charge in [0.2, 0.25) is 0 Å². The van der Waals surface area contributed by atoms with E-state index < -0.39 is 11.8 Å². The summed E-state index contributed by atoms with van der Waals surface area (Å²) in [7, 11) is 0. The Bertz CT molecular complexity index is 332.